The first-order chi connectivity index (χ1) is 12.9. The van der Waals surface area contributed by atoms with Crippen LogP contribution in [0.5, 0.6) is 0 Å². The molecule has 1 atom stereocenters. The fourth-order valence-electron chi connectivity index (χ4n) is 3.60. The number of nitrogens with zero attached hydrogens (tertiary/aromatic N) is 2. The summed E-state index contributed by atoms with van der Waals surface area (Å²) in [5.74, 6) is -0.503. The van der Waals surface area contributed by atoms with Crippen LogP contribution in [0.25, 0.3) is 10.9 Å². The summed E-state index contributed by atoms with van der Waals surface area (Å²) in [6.45, 7) is 2.10. The number of hydrogen-bond acceptors (Lipinski definition) is 4. The number of fused-ring (bicyclic) bond motifs is 2. The van der Waals surface area contributed by atoms with Gasteiger partial charge in [0.25, 0.3) is 10.0 Å². The van der Waals surface area contributed by atoms with Gasteiger partial charge in [-0.1, -0.05) is 6.07 Å². The van der Waals surface area contributed by atoms with Crippen molar-refractivity contribution in [2.45, 2.75) is 30.8 Å². The lowest BCUT2D eigenvalue weighted by atomic mass is 10.0. The molecular weight excluding hydrogens is 367 g/mol. The van der Waals surface area contributed by atoms with Crippen LogP contribution < -0.4 is 4.31 Å². The maximum Gasteiger partial charge on any atom is 0.265 e. The van der Waals surface area contributed by atoms with E-state index in [9.17, 15) is 17.9 Å². The first-order valence-electron chi connectivity index (χ1n) is 8.74. The van der Waals surface area contributed by atoms with Crippen molar-refractivity contribution in [2.75, 3.05) is 10.8 Å². The Balaban J connectivity index is 1.93. The number of hydrogen-bond donors (Lipinski definition) is 1. The minimum atomic E-state index is -3.92. The van der Waals surface area contributed by atoms with Crippen molar-refractivity contribution in [1.29, 1.82) is 0 Å². The van der Waals surface area contributed by atoms with Gasteiger partial charge in [-0.25, -0.2) is 12.8 Å². The molecule has 2 heterocycles. The highest BCUT2D eigenvalue weighted by molar-refractivity contribution is 7.93. The van der Waals surface area contributed by atoms with E-state index in [0.29, 0.717) is 35.0 Å². The van der Waals surface area contributed by atoms with Crippen molar-refractivity contribution >= 4 is 26.6 Å². The standard InChI is InChI=1S/C20H19FN2O3S/c1-13-6-9-19(15-4-2-10-22-20(13)15)27(25,26)23-11-3-5-18(24)16-12-14(21)7-8-17(16)23/h2,4,6-10,12,18,24H,3,5,11H2,1H3/t18-/m0/s1. The zero-order valence-electron chi connectivity index (χ0n) is 14.8. The van der Waals surface area contributed by atoms with Crippen LogP contribution in [0.1, 0.15) is 30.1 Å². The predicted octanol–water partition coefficient (Wildman–Crippen LogP) is 3.70. The van der Waals surface area contributed by atoms with Crippen molar-refractivity contribution in [3.8, 4) is 0 Å². The highest BCUT2D eigenvalue weighted by Crippen LogP contribution is 2.37. The zero-order valence-corrected chi connectivity index (χ0v) is 15.6. The predicted molar refractivity (Wildman–Crippen MR) is 102 cm³/mol. The second-order valence-corrected chi connectivity index (χ2v) is 8.55. The van der Waals surface area contributed by atoms with Gasteiger partial charge in [0.1, 0.15) is 5.82 Å². The molecule has 0 bridgehead atoms. The van der Waals surface area contributed by atoms with E-state index in [0.717, 1.165) is 5.56 Å². The van der Waals surface area contributed by atoms with Gasteiger partial charge in [-0.05, 0) is 61.7 Å². The molecule has 1 aliphatic heterocycles. The number of pyridine rings is 1. The van der Waals surface area contributed by atoms with E-state index < -0.39 is 21.9 Å². The van der Waals surface area contributed by atoms with Crippen LogP contribution in [0, 0.1) is 12.7 Å². The Kier molecular flexibility index (Phi) is 4.36. The molecule has 0 saturated carbocycles. The molecule has 1 aromatic heterocycles. The molecule has 0 amide bonds. The number of benzene rings is 2. The van der Waals surface area contributed by atoms with Crippen LogP contribution in [-0.4, -0.2) is 25.1 Å². The lowest BCUT2D eigenvalue weighted by Gasteiger charge is -2.25. The molecule has 0 spiro atoms. The molecule has 1 aliphatic rings. The molecule has 2 aromatic carbocycles. The van der Waals surface area contributed by atoms with E-state index in [2.05, 4.69) is 4.98 Å². The molecule has 3 aromatic rings. The topological polar surface area (TPSA) is 70.5 Å². The van der Waals surface area contributed by atoms with Crippen molar-refractivity contribution in [3.63, 3.8) is 0 Å². The number of sulfonamides is 1. The number of anilines is 1. The average molecular weight is 386 g/mol. The molecule has 27 heavy (non-hydrogen) atoms. The SMILES string of the molecule is Cc1ccc(S(=O)(=O)N2CCC[C@H](O)c3cc(F)ccc32)c2cccnc12. The highest BCUT2D eigenvalue weighted by Gasteiger charge is 2.32. The monoisotopic (exact) mass is 386 g/mol. The molecule has 0 fully saturated rings. The summed E-state index contributed by atoms with van der Waals surface area (Å²) in [6, 6.07) is 10.6. The number of aliphatic hydroxyl groups is 1. The lowest BCUT2D eigenvalue weighted by molar-refractivity contribution is 0.168. The van der Waals surface area contributed by atoms with Crippen molar-refractivity contribution in [3.05, 3.63) is 65.6 Å². The zero-order chi connectivity index (χ0) is 19.2. The molecule has 0 saturated heterocycles. The number of aryl methyl sites for hydroxylation is 1. The summed E-state index contributed by atoms with van der Waals surface area (Å²) < 4.78 is 42.1. The van der Waals surface area contributed by atoms with Gasteiger partial charge >= 0.3 is 0 Å². The second kappa shape index (κ2) is 6.58. The van der Waals surface area contributed by atoms with Crippen molar-refractivity contribution < 1.29 is 17.9 Å². The molecule has 7 heteroatoms. The fraction of sp³-hybridized carbons (Fsp3) is 0.250. The summed E-state index contributed by atoms with van der Waals surface area (Å²) in [5, 5.41) is 10.9. The summed E-state index contributed by atoms with van der Waals surface area (Å²) in [5.41, 5.74) is 2.13. The molecule has 0 aliphatic carbocycles. The maximum atomic E-state index is 13.7. The molecule has 1 N–H and O–H groups in total. The van der Waals surface area contributed by atoms with Gasteiger partial charge in [-0.2, -0.15) is 0 Å². The van der Waals surface area contributed by atoms with E-state index >= 15 is 0 Å². The van der Waals surface area contributed by atoms with Crippen LogP contribution in [0.3, 0.4) is 0 Å². The Morgan fingerprint density at radius 2 is 2.04 bits per heavy atom. The third-order valence-corrected chi connectivity index (χ3v) is 6.83. The number of aliphatic hydroxyl groups excluding tert-OH is 1. The molecule has 0 radical (unpaired) electrons. The Bertz CT molecular complexity index is 1130. The summed E-state index contributed by atoms with van der Waals surface area (Å²) >= 11 is 0. The first kappa shape index (κ1) is 17.9. The second-order valence-electron chi connectivity index (χ2n) is 6.72. The molecule has 5 nitrogen and oxygen atoms in total. The average Bonchev–Trinajstić information content (AvgIpc) is 2.81. The molecule has 140 valence electrons. The van der Waals surface area contributed by atoms with Crippen LogP contribution in [-0.2, 0) is 10.0 Å². The van der Waals surface area contributed by atoms with Crippen molar-refractivity contribution in [1.82, 2.24) is 4.98 Å². The van der Waals surface area contributed by atoms with Gasteiger partial charge in [-0.15, -0.1) is 0 Å². The smallest absolute Gasteiger partial charge is 0.265 e. The van der Waals surface area contributed by atoms with E-state index in [1.54, 1.807) is 30.5 Å². The third-order valence-electron chi connectivity index (χ3n) is 4.96. The quantitative estimate of drug-likeness (QED) is 0.729. The van der Waals surface area contributed by atoms with Crippen LogP contribution in [0.15, 0.2) is 53.6 Å². The normalized spacial score (nSPS) is 17.6. The van der Waals surface area contributed by atoms with Gasteiger partial charge in [0.2, 0.25) is 0 Å². The van der Waals surface area contributed by atoms with Crippen LogP contribution in [0.2, 0.25) is 0 Å². The Labute approximate surface area is 157 Å². The number of aromatic nitrogens is 1. The summed E-state index contributed by atoms with van der Waals surface area (Å²) in [6.07, 6.45) is 1.58. The van der Waals surface area contributed by atoms with Gasteiger partial charge in [0, 0.05) is 23.7 Å². The molecule has 4 rings (SSSR count). The first-order valence-corrected chi connectivity index (χ1v) is 10.2. The van der Waals surface area contributed by atoms with E-state index in [-0.39, 0.29) is 11.4 Å². The summed E-state index contributed by atoms with van der Waals surface area (Å²) in [4.78, 5) is 4.47. The Morgan fingerprint density at radius 3 is 2.85 bits per heavy atom. The Hall–Kier alpha value is -2.51. The maximum absolute atomic E-state index is 13.7. The van der Waals surface area contributed by atoms with E-state index in [4.69, 9.17) is 0 Å². The number of halogens is 1. The van der Waals surface area contributed by atoms with Crippen molar-refractivity contribution in [2.24, 2.45) is 0 Å². The van der Waals surface area contributed by atoms with Crippen LogP contribution in [0.4, 0.5) is 10.1 Å². The third kappa shape index (κ3) is 2.96. The molecular formula is C20H19FN2O3S. The highest BCUT2D eigenvalue weighted by atomic mass is 32.2. The number of rotatable bonds is 2. The fourth-order valence-corrected chi connectivity index (χ4v) is 5.32. The Morgan fingerprint density at radius 1 is 1.22 bits per heavy atom. The summed E-state index contributed by atoms with van der Waals surface area (Å²) in [7, 11) is -3.92. The van der Waals surface area contributed by atoms with E-state index in [1.165, 1.54) is 22.5 Å². The lowest BCUT2D eigenvalue weighted by Crippen LogP contribution is -2.32. The van der Waals surface area contributed by atoms with Gasteiger partial charge < -0.3 is 5.11 Å². The van der Waals surface area contributed by atoms with Gasteiger partial charge in [0.05, 0.1) is 22.2 Å². The van der Waals surface area contributed by atoms with Crippen LogP contribution >= 0.6 is 0 Å². The van der Waals surface area contributed by atoms with Gasteiger partial charge in [0.15, 0.2) is 0 Å². The van der Waals surface area contributed by atoms with Gasteiger partial charge in [-0.3, -0.25) is 9.29 Å². The minimum Gasteiger partial charge on any atom is -0.388 e. The van der Waals surface area contributed by atoms with E-state index in [1.807, 2.05) is 6.92 Å². The largest absolute Gasteiger partial charge is 0.388 e. The molecule has 0 unspecified atom stereocenters. The minimum absolute atomic E-state index is 0.155.